The molecule has 0 aliphatic carbocycles. The van der Waals surface area contributed by atoms with Crippen molar-refractivity contribution in [3.8, 4) is 11.5 Å². The fraction of sp³-hybridized carbons (Fsp3) is 0.333. The quantitative estimate of drug-likeness (QED) is 0.281. The molecule has 0 aliphatic rings. The van der Waals surface area contributed by atoms with Crippen LogP contribution < -0.4 is 19.1 Å². The third-order valence-electron chi connectivity index (χ3n) is 6.27. The van der Waals surface area contributed by atoms with E-state index < -0.39 is 34.1 Å². The van der Waals surface area contributed by atoms with Gasteiger partial charge in [0.15, 0.2) is 11.5 Å². The number of amides is 2. The first-order valence-electron chi connectivity index (χ1n) is 13.0. The van der Waals surface area contributed by atoms with Crippen molar-refractivity contribution in [2.24, 2.45) is 0 Å². The maximum atomic E-state index is 14.1. The summed E-state index contributed by atoms with van der Waals surface area (Å²) in [7, 11) is -1.46. The van der Waals surface area contributed by atoms with E-state index in [1.807, 2.05) is 45.0 Å². The van der Waals surface area contributed by atoms with E-state index in [4.69, 9.17) is 21.1 Å². The van der Waals surface area contributed by atoms with Gasteiger partial charge in [-0.2, -0.15) is 0 Å². The Hall–Kier alpha value is -3.28. The number of carbonyl (C=O) groups excluding carboxylic acids is 2. The van der Waals surface area contributed by atoms with Gasteiger partial charge in [-0.3, -0.25) is 13.9 Å². The minimum absolute atomic E-state index is 0.0791. The van der Waals surface area contributed by atoms with E-state index in [-0.39, 0.29) is 28.8 Å². The molecule has 3 aromatic carbocycles. The van der Waals surface area contributed by atoms with Crippen LogP contribution in [0.25, 0.3) is 0 Å². The molecule has 1 atom stereocenters. The van der Waals surface area contributed by atoms with Crippen molar-refractivity contribution >= 4 is 55.1 Å². The van der Waals surface area contributed by atoms with Crippen LogP contribution in [0.1, 0.15) is 33.3 Å². The second-order valence-electron chi connectivity index (χ2n) is 10.6. The largest absolute Gasteiger partial charge is 0.493 e. The lowest BCUT2D eigenvalue weighted by atomic mass is 10.1. The summed E-state index contributed by atoms with van der Waals surface area (Å²) < 4.78 is 40.6. The van der Waals surface area contributed by atoms with Crippen molar-refractivity contribution in [3.05, 3.63) is 81.8 Å². The summed E-state index contributed by atoms with van der Waals surface area (Å²) in [6.07, 6.45) is 0. The number of rotatable bonds is 11. The van der Waals surface area contributed by atoms with Crippen LogP contribution in [0.2, 0.25) is 5.02 Å². The van der Waals surface area contributed by atoms with Crippen LogP contribution in [0.4, 0.5) is 5.69 Å². The number of ether oxygens (including phenoxy) is 2. The number of methoxy groups -OCH3 is 2. The van der Waals surface area contributed by atoms with Crippen molar-refractivity contribution in [1.29, 1.82) is 0 Å². The van der Waals surface area contributed by atoms with E-state index in [1.165, 1.54) is 61.6 Å². The number of sulfonamides is 1. The molecule has 0 heterocycles. The Labute approximate surface area is 260 Å². The summed E-state index contributed by atoms with van der Waals surface area (Å²) in [6.45, 7) is 6.65. The van der Waals surface area contributed by atoms with Gasteiger partial charge < -0.3 is 19.7 Å². The minimum atomic E-state index is -4.31. The number of hydrogen-bond acceptors (Lipinski definition) is 6. The van der Waals surface area contributed by atoms with Crippen LogP contribution in [0.5, 0.6) is 11.5 Å². The third-order valence-corrected chi connectivity index (χ3v) is 8.82. The smallest absolute Gasteiger partial charge is 0.264 e. The molecule has 12 heteroatoms. The molecule has 0 unspecified atom stereocenters. The van der Waals surface area contributed by atoms with E-state index in [0.29, 0.717) is 10.8 Å². The van der Waals surface area contributed by atoms with Crippen LogP contribution >= 0.6 is 27.5 Å². The first-order valence-corrected chi connectivity index (χ1v) is 15.6. The second kappa shape index (κ2) is 13.8. The van der Waals surface area contributed by atoms with Crippen LogP contribution in [-0.4, -0.2) is 57.5 Å². The van der Waals surface area contributed by atoms with E-state index in [1.54, 1.807) is 6.92 Å². The maximum Gasteiger partial charge on any atom is 0.264 e. The Bertz CT molecular complexity index is 1510. The molecule has 0 fully saturated rings. The highest BCUT2D eigenvalue weighted by atomic mass is 79.9. The topological polar surface area (TPSA) is 105 Å². The number of nitrogens with one attached hydrogen (secondary N) is 1. The summed E-state index contributed by atoms with van der Waals surface area (Å²) in [5.41, 5.74) is 0.449. The summed E-state index contributed by atoms with van der Waals surface area (Å²) in [5, 5.41) is 3.31. The SMILES string of the molecule is COc1ccc(S(=O)(=O)N(CC(=O)N(Cc2ccc(Br)cc2)[C@H](C)C(=O)NC(C)(C)C)c2ccc(Cl)cc2)cc1OC. The van der Waals surface area contributed by atoms with Gasteiger partial charge in [0.2, 0.25) is 11.8 Å². The monoisotopic (exact) mass is 679 g/mol. The molecule has 0 spiro atoms. The molecular formula is C30H35BrClN3O6S. The van der Waals surface area contributed by atoms with Gasteiger partial charge in [-0.25, -0.2) is 8.42 Å². The maximum absolute atomic E-state index is 14.1. The number of anilines is 1. The molecule has 2 amide bonds. The first kappa shape index (κ1) is 33.2. The average Bonchev–Trinajstić information content (AvgIpc) is 2.94. The van der Waals surface area contributed by atoms with Gasteiger partial charge in [0.25, 0.3) is 10.0 Å². The molecule has 9 nitrogen and oxygen atoms in total. The lowest BCUT2D eigenvalue weighted by molar-refractivity contribution is -0.140. The molecule has 0 saturated heterocycles. The molecular weight excluding hydrogens is 646 g/mol. The predicted molar refractivity (Wildman–Crippen MR) is 168 cm³/mol. The van der Waals surface area contributed by atoms with Gasteiger partial charge in [0, 0.05) is 27.6 Å². The lowest BCUT2D eigenvalue weighted by Crippen LogP contribution is -2.54. The van der Waals surface area contributed by atoms with Gasteiger partial charge in [0.05, 0.1) is 24.8 Å². The molecule has 3 rings (SSSR count). The summed E-state index contributed by atoms with van der Waals surface area (Å²) in [5.74, 6) is -0.377. The van der Waals surface area contributed by atoms with Gasteiger partial charge >= 0.3 is 0 Å². The zero-order valence-corrected chi connectivity index (χ0v) is 27.5. The van der Waals surface area contributed by atoms with E-state index >= 15 is 0 Å². The number of hydrogen-bond donors (Lipinski definition) is 1. The Morgan fingerprint density at radius 3 is 2.10 bits per heavy atom. The van der Waals surface area contributed by atoms with Gasteiger partial charge in [0.1, 0.15) is 12.6 Å². The zero-order chi connectivity index (χ0) is 31.2. The second-order valence-corrected chi connectivity index (χ2v) is 13.8. The number of halogens is 2. The molecule has 0 saturated carbocycles. The zero-order valence-electron chi connectivity index (χ0n) is 24.4. The van der Waals surface area contributed by atoms with Crippen molar-refractivity contribution < 1.29 is 27.5 Å². The minimum Gasteiger partial charge on any atom is -0.493 e. The van der Waals surface area contributed by atoms with Crippen molar-refractivity contribution in [2.45, 2.75) is 50.7 Å². The van der Waals surface area contributed by atoms with Crippen LogP contribution in [-0.2, 0) is 26.2 Å². The van der Waals surface area contributed by atoms with Crippen LogP contribution in [0, 0.1) is 0 Å². The normalized spacial score (nSPS) is 12.3. The molecule has 3 aromatic rings. The average molecular weight is 681 g/mol. The molecule has 0 radical (unpaired) electrons. The van der Waals surface area contributed by atoms with E-state index in [0.717, 1.165) is 14.3 Å². The fourth-order valence-corrected chi connectivity index (χ4v) is 5.90. The molecule has 42 heavy (non-hydrogen) atoms. The van der Waals surface area contributed by atoms with Crippen molar-refractivity contribution in [1.82, 2.24) is 10.2 Å². The lowest BCUT2D eigenvalue weighted by Gasteiger charge is -2.33. The molecule has 0 aliphatic heterocycles. The Kier molecular flexibility index (Phi) is 10.9. The van der Waals surface area contributed by atoms with Gasteiger partial charge in [-0.05, 0) is 81.8 Å². The van der Waals surface area contributed by atoms with Crippen LogP contribution in [0.15, 0.2) is 76.1 Å². The van der Waals surface area contributed by atoms with Crippen molar-refractivity contribution in [3.63, 3.8) is 0 Å². The molecule has 0 bridgehead atoms. The Balaban J connectivity index is 2.07. The number of nitrogens with zero attached hydrogens (tertiary/aromatic N) is 2. The highest BCUT2D eigenvalue weighted by Gasteiger charge is 2.33. The fourth-order valence-electron chi connectivity index (χ4n) is 4.08. The Morgan fingerprint density at radius 1 is 0.952 bits per heavy atom. The molecule has 226 valence electrons. The van der Waals surface area contributed by atoms with Gasteiger partial charge in [-0.1, -0.05) is 39.7 Å². The van der Waals surface area contributed by atoms with Gasteiger partial charge in [-0.15, -0.1) is 0 Å². The Morgan fingerprint density at radius 2 is 1.55 bits per heavy atom. The number of benzene rings is 3. The highest BCUT2D eigenvalue weighted by Crippen LogP contribution is 2.32. The molecule has 1 N–H and O–H groups in total. The standard InChI is InChI=1S/C30H35BrClN3O6S/c1-20(29(37)33-30(2,3)4)34(18-21-7-9-22(31)10-8-21)28(36)19-35(24-13-11-23(32)12-14-24)42(38,39)25-15-16-26(40-5)27(17-25)41-6/h7-17,20H,18-19H2,1-6H3,(H,33,37)/t20-/m1/s1. The third kappa shape index (κ3) is 8.39. The van der Waals surface area contributed by atoms with Crippen LogP contribution in [0.3, 0.4) is 0 Å². The first-order chi connectivity index (χ1) is 19.7. The van der Waals surface area contributed by atoms with E-state index in [9.17, 15) is 18.0 Å². The predicted octanol–water partition coefficient (Wildman–Crippen LogP) is 5.65. The highest BCUT2D eigenvalue weighted by molar-refractivity contribution is 9.10. The van der Waals surface area contributed by atoms with E-state index in [2.05, 4.69) is 21.2 Å². The summed E-state index contributed by atoms with van der Waals surface area (Å²) >= 11 is 9.49. The summed E-state index contributed by atoms with van der Waals surface area (Å²) in [6, 6.07) is 16.7. The van der Waals surface area contributed by atoms with Crippen molar-refractivity contribution in [2.75, 3.05) is 25.1 Å². The molecule has 0 aromatic heterocycles. The summed E-state index contributed by atoms with van der Waals surface area (Å²) in [4.78, 5) is 28.5. The number of carbonyl (C=O) groups is 2.